The topological polar surface area (TPSA) is 36.9 Å². The van der Waals surface area contributed by atoms with Gasteiger partial charge in [0.1, 0.15) is 6.23 Å². The Hall–Kier alpha value is -0.610. The number of methoxy groups -OCH3 is 1. The zero-order valence-corrected chi connectivity index (χ0v) is 7.95. The van der Waals surface area contributed by atoms with Crippen molar-refractivity contribution in [3.8, 4) is 0 Å². The van der Waals surface area contributed by atoms with Gasteiger partial charge in [-0.2, -0.15) is 5.10 Å². The fraction of sp³-hybridized carbons (Fsp3) is 0.875. The zero-order valence-electron chi connectivity index (χ0n) is 7.95. The van der Waals surface area contributed by atoms with Crippen LogP contribution in [0.25, 0.3) is 0 Å². The first-order valence-corrected chi connectivity index (χ1v) is 4.24. The molecule has 2 unspecified atom stereocenters. The van der Waals surface area contributed by atoms with Crippen molar-refractivity contribution in [1.82, 2.24) is 10.3 Å². The molecule has 1 rings (SSSR count). The van der Waals surface area contributed by atoms with Gasteiger partial charge in [0.2, 0.25) is 0 Å². The minimum Gasteiger partial charge on any atom is -0.366 e. The van der Waals surface area contributed by atoms with Crippen LogP contribution in [-0.4, -0.2) is 44.1 Å². The second-order valence-corrected chi connectivity index (χ2v) is 3.21. The number of likely N-dealkylation sites (N-methyl/N-ethyl adjacent to an activating group) is 1. The summed E-state index contributed by atoms with van der Waals surface area (Å²) in [6, 6.07) is 0.379. The molecule has 0 aromatic rings. The molecule has 0 bridgehead atoms. The van der Waals surface area contributed by atoms with Gasteiger partial charge in [0, 0.05) is 26.3 Å². The van der Waals surface area contributed by atoms with Crippen molar-refractivity contribution in [1.29, 1.82) is 0 Å². The van der Waals surface area contributed by atoms with E-state index in [2.05, 4.69) is 29.4 Å². The van der Waals surface area contributed by atoms with Gasteiger partial charge in [-0.3, -0.25) is 4.90 Å². The van der Waals surface area contributed by atoms with Crippen LogP contribution in [0.1, 0.15) is 13.3 Å². The summed E-state index contributed by atoms with van der Waals surface area (Å²) >= 11 is 0. The molecule has 0 aromatic heterocycles. The van der Waals surface area contributed by atoms with Crippen LogP contribution < -0.4 is 5.43 Å². The van der Waals surface area contributed by atoms with Gasteiger partial charge in [-0.05, 0) is 14.0 Å². The lowest BCUT2D eigenvalue weighted by Gasteiger charge is -2.29. The molecule has 4 nitrogen and oxygen atoms in total. The van der Waals surface area contributed by atoms with Gasteiger partial charge in [-0.15, -0.1) is 0 Å². The highest BCUT2D eigenvalue weighted by molar-refractivity contribution is 5.57. The van der Waals surface area contributed by atoms with Crippen molar-refractivity contribution >= 4 is 6.21 Å². The fourth-order valence-corrected chi connectivity index (χ4v) is 1.37. The van der Waals surface area contributed by atoms with Gasteiger partial charge >= 0.3 is 0 Å². The molecular weight excluding hydrogens is 154 g/mol. The van der Waals surface area contributed by atoms with Crippen LogP contribution in [0.3, 0.4) is 0 Å². The van der Waals surface area contributed by atoms with Crippen LogP contribution in [0.4, 0.5) is 0 Å². The quantitative estimate of drug-likeness (QED) is 0.615. The number of nitrogens with one attached hydrogen (secondary N) is 1. The minimum absolute atomic E-state index is 0.165. The van der Waals surface area contributed by atoms with Crippen LogP contribution in [0.15, 0.2) is 5.10 Å². The van der Waals surface area contributed by atoms with E-state index in [-0.39, 0.29) is 6.23 Å². The van der Waals surface area contributed by atoms with Gasteiger partial charge in [-0.1, -0.05) is 0 Å². The maximum Gasteiger partial charge on any atom is 0.115 e. The van der Waals surface area contributed by atoms with E-state index in [1.54, 1.807) is 7.11 Å². The second-order valence-electron chi connectivity index (χ2n) is 3.21. The van der Waals surface area contributed by atoms with Crippen LogP contribution in [0, 0.1) is 0 Å². The molecule has 1 aliphatic heterocycles. The molecule has 0 radical (unpaired) electrons. The van der Waals surface area contributed by atoms with Crippen molar-refractivity contribution in [3.05, 3.63) is 0 Å². The average Bonchev–Trinajstić information content (AvgIpc) is 2.01. The SMILES string of the molecule is COC1C/C=N\NC(C)CN1C. The molecule has 2 atom stereocenters. The van der Waals surface area contributed by atoms with Crippen molar-refractivity contribution in [2.24, 2.45) is 5.10 Å². The van der Waals surface area contributed by atoms with E-state index in [9.17, 15) is 0 Å². The second kappa shape index (κ2) is 4.42. The Bertz CT molecular complexity index is 160. The third-order valence-corrected chi connectivity index (χ3v) is 2.02. The smallest absolute Gasteiger partial charge is 0.115 e. The fourth-order valence-electron chi connectivity index (χ4n) is 1.37. The molecule has 1 aliphatic rings. The Labute approximate surface area is 73.6 Å². The molecule has 0 aromatic carbocycles. The molecule has 1 heterocycles. The highest BCUT2D eigenvalue weighted by atomic mass is 16.5. The molecule has 70 valence electrons. The molecule has 0 spiro atoms. The molecular formula is C8H17N3O. The first-order chi connectivity index (χ1) is 5.74. The molecule has 0 saturated carbocycles. The lowest BCUT2D eigenvalue weighted by atomic mass is 10.3. The number of ether oxygens (including phenoxy) is 1. The van der Waals surface area contributed by atoms with E-state index in [1.807, 2.05) is 6.21 Å². The highest BCUT2D eigenvalue weighted by Crippen LogP contribution is 2.04. The summed E-state index contributed by atoms with van der Waals surface area (Å²) in [4.78, 5) is 2.18. The van der Waals surface area contributed by atoms with E-state index >= 15 is 0 Å². The van der Waals surface area contributed by atoms with Gasteiger partial charge in [-0.25, -0.2) is 0 Å². The zero-order chi connectivity index (χ0) is 8.97. The molecule has 4 heteroatoms. The van der Waals surface area contributed by atoms with Crippen LogP contribution in [0.5, 0.6) is 0 Å². The largest absolute Gasteiger partial charge is 0.366 e. The Morgan fingerprint density at radius 2 is 2.42 bits per heavy atom. The molecule has 0 amide bonds. The summed E-state index contributed by atoms with van der Waals surface area (Å²) in [5, 5.41) is 4.06. The van der Waals surface area contributed by atoms with E-state index in [1.165, 1.54) is 0 Å². The molecule has 0 fully saturated rings. The van der Waals surface area contributed by atoms with E-state index in [0.717, 1.165) is 13.0 Å². The Morgan fingerprint density at radius 3 is 3.08 bits per heavy atom. The van der Waals surface area contributed by atoms with E-state index in [0.29, 0.717) is 6.04 Å². The van der Waals surface area contributed by atoms with Crippen LogP contribution >= 0.6 is 0 Å². The molecule has 0 saturated heterocycles. The predicted molar refractivity (Wildman–Crippen MR) is 49.1 cm³/mol. The third kappa shape index (κ3) is 2.46. The molecule has 0 aliphatic carbocycles. The van der Waals surface area contributed by atoms with Gasteiger partial charge in [0.25, 0.3) is 0 Å². The van der Waals surface area contributed by atoms with Crippen molar-refractivity contribution in [3.63, 3.8) is 0 Å². The summed E-state index contributed by atoms with van der Waals surface area (Å²) in [6.07, 6.45) is 2.87. The maximum absolute atomic E-state index is 5.29. The standard InChI is InChI=1S/C8H17N3O/c1-7-6-11(2)8(12-3)4-5-9-10-7/h5,7-8,10H,4,6H2,1-3H3/b9-5-. The van der Waals surface area contributed by atoms with E-state index < -0.39 is 0 Å². The average molecular weight is 171 g/mol. The summed E-state index contributed by atoms with van der Waals surface area (Å²) in [5.41, 5.74) is 3.03. The van der Waals surface area contributed by atoms with Gasteiger partial charge < -0.3 is 10.2 Å². The predicted octanol–water partition coefficient (Wildman–Crippen LogP) is 0.258. The maximum atomic E-state index is 5.29. The van der Waals surface area contributed by atoms with Gasteiger partial charge in [0.05, 0.1) is 6.04 Å². The lowest BCUT2D eigenvalue weighted by Crippen LogP contribution is -2.43. The van der Waals surface area contributed by atoms with E-state index in [4.69, 9.17) is 4.74 Å². The monoisotopic (exact) mass is 171 g/mol. The Morgan fingerprint density at radius 1 is 1.67 bits per heavy atom. The highest BCUT2D eigenvalue weighted by Gasteiger charge is 2.16. The van der Waals surface area contributed by atoms with Crippen molar-refractivity contribution in [2.45, 2.75) is 25.6 Å². The van der Waals surface area contributed by atoms with Crippen molar-refractivity contribution < 1.29 is 4.74 Å². The first-order valence-electron chi connectivity index (χ1n) is 4.24. The molecule has 12 heavy (non-hydrogen) atoms. The summed E-state index contributed by atoms with van der Waals surface area (Å²) in [7, 11) is 3.79. The normalized spacial score (nSPS) is 34.9. The van der Waals surface area contributed by atoms with Crippen molar-refractivity contribution in [2.75, 3.05) is 20.7 Å². The number of rotatable bonds is 1. The summed E-state index contributed by atoms with van der Waals surface area (Å²) < 4.78 is 5.29. The summed E-state index contributed by atoms with van der Waals surface area (Å²) in [5.74, 6) is 0. The number of hydrazone groups is 1. The summed E-state index contributed by atoms with van der Waals surface area (Å²) in [6.45, 7) is 3.06. The lowest BCUT2D eigenvalue weighted by molar-refractivity contribution is -0.0163. The minimum atomic E-state index is 0.165. The third-order valence-electron chi connectivity index (χ3n) is 2.02. The number of hydrogen-bond donors (Lipinski definition) is 1. The Balaban J connectivity index is 2.54. The number of nitrogens with zero attached hydrogens (tertiary/aromatic N) is 2. The van der Waals surface area contributed by atoms with Gasteiger partial charge in [0.15, 0.2) is 0 Å². The van der Waals surface area contributed by atoms with Crippen LogP contribution in [-0.2, 0) is 4.74 Å². The first kappa shape index (κ1) is 9.48. The van der Waals surface area contributed by atoms with Crippen LogP contribution in [0.2, 0.25) is 0 Å². The Kier molecular flexibility index (Phi) is 3.49. The number of hydrogen-bond acceptors (Lipinski definition) is 4. The molecule has 1 N–H and O–H groups in total.